The van der Waals surface area contributed by atoms with Crippen LogP contribution in [-0.4, -0.2) is 34.3 Å². The minimum Gasteiger partial charge on any atom is -0.294 e. The zero-order valence-electron chi connectivity index (χ0n) is 11.4. The predicted molar refractivity (Wildman–Crippen MR) is 77.2 cm³/mol. The Labute approximate surface area is 126 Å². The third kappa shape index (κ3) is 3.30. The van der Waals surface area contributed by atoms with Gasteiger partial charge < -0.3 is 0 Å². The molecular weight excluding hydrogens is 292 g/mol. The van der Waals surface area contributed by atoms with Gasteiger partial charge in [0.2, 0.25) is 17.4 Å². The number of rotatable bonds is 3. The molecule has 3 amide bonds. The summed E-state index contributed by atoms with van der Waals surface area (Å²) in [6, 6.07) is 5.90. The summed E-state index contributed by atoms with van der Waals surface area (Å²) in [5.41, 5.74) is 1.09. The average Bonchev–Trinajstić information content (AvgIpc) is 2.64. The second kappa shape index (κ2) is 6.53. The number of carbonyl (C=O) groups excluding carboxylic acids is 4. The Morgan fingerprint density at radius 2 is 2.10 bits per heavy atom. The number of amides is 3. The van der Waals surface area contributed by atoms with E-state index in [-0.39, 0.29) is 18.7 Å². The fraction of sp³-hybridized carbons (Fsp3) is 0.286. The largest absolute Gasteiger partial charge is 0.294 e. The molecule has 21 heavy (non-hydrogen) atoms. The minimum atomic E-state index is -0.932. The number of hydrogen-bond donors (Lipinski definition) is 1. The van der Waals surface area contributed by atoms with E-state index in [1.807, 2.05) is 0 Å². The van der Waals surface area contributed by atoms with Crippen LogP contribution < -0.4 is 4.72 Å². The molecule has 0 aliphatic carbocycles. The number of benzene rings is 1. The Kier molecular flexibility index (Phi) is 4.74. The lowest BCUT2D eigenvalue weighted by atomic mass is 10.1. The van der Waals surface area contributed by atoms with E-state index < -0.39 is 17.1 Å². The monoisotopic (exact) mass is 306 g/mol. The SMILES string of the molecule is Cc1ccccc1C(=O)N(C=O)C1CCC(=O)NSC1=O. The summed E-state index contributed by atoms with van der Waals surface area (Å²) in [6.45, 7) is 1.75. The van der Waals surface area contributed by atoms with Crippen molar-refractivity contribution in [3.05, 3.63) is 35.4 Å². The van der Waals surface area contributed by atoms with E-state index in [0.717, 1.165) is 10.5 Å². The lowest BCUT2D eigenvalue weighted by Gasteiger charge is -2.23. The highest BCUT2D eigenvalue weighted by Crippen LogP contribution is 2.20. The molecular formula is C14H14N2O4S. The van der Waals surface area contributed by atoms with Crippen molar-refractivity contribution in [3.63, 3.8) is 0 Å². The van der Waals surface area contributed by atoms with Gasteiger partial charge in [-0.1, -0.05) is 18.2 Å². The van der Waals surface area contributed by atoms with Gasteiger partial charge in [0.25, 0.3) is 5.91 Å². The van der Waals surface area contributed by atoms with Gasteiger partial charge in [-0.25, -0.2) is 0 Å². The lowest BCUT2D eigenvalue weighted by molar-refractivity contribution is -0.125. The molecule has 1 aliphatic heterocycles. The van der Waals surface area contributed by atoms with Crippen molar-refractivity contribution in [3.8, 4) is 0 Å². The van der Waals surface area contributed by atoms with E-state index in [0.29, 0.717) is 23.9 Å². The quantitative estimate of drug-likeness (QED) is 0.666. The molecule has 0 aromatic heterocycles. The first-order valence-electron chi connectivity index (χ1n) is 6.37. The molecule has 7 heteroatoms. The maximum atomic E-state index is 12.5. The van der Waals surface area contributed by atoms with E-state index in [9.17, 15) is 19.2 Å². The lowest BCUT2D eigenvalue weighted by Crippen LogP contribution is -2.43. The van der Waals surface area contributed by atoms with E-state index in [1.165, 1.54) is 0 Å². The molecule has 2 rings (SSSR count). The Hall–Kier alpha value is -2.15. The summed E-state index contributed by atoms with van der Waals surface area (Å²) < 4.78 is 2.37. The highest BCUT2D eigenvalue weighted by Gasteiger charge is 2.33. The maximum absolute atomic E-state index is 12.5. The molecule has 1 aromatic rings. The van der Waals surface area contributed by atoms with Crippen molar-refractivity contribution < 1.29 is 19.2 Å². The molecule has 0 radical (unpaired) electrons. The van der Waals surface area contributed by atoms with E-state index in [1.54, 1.807) is 31.2 Å². The van der Waals surface area contributed by atoms with Crippen molar-refractivity contribution in [2.24, 2.45) is 0 Å². The average molecular weight is 306 g/mol. The Balaban J connectivity index is 2.28. The molecule has 1 aromatic carbocycles. The number of imide groups is 1. The summed E-state index contributed by atoms with van der Waals surface area (Å²) in [6.07, 6.45) is 0.580. The molecule has 110 valence electrons. The summed E-state index contributed by atoms with van der Waals surface area (Å²) in [5, 5.41) is -0.421. The van der Waals surface area contributed by atoms with Crippen LogP contribution in [0.25, 0.3) is 0 Å². The van der Waals surface area contributed by atoms with Gasteiger partial charge in [0, 0.05) is 23.9 Å². The normalized spacial score (nSPS) is 18.6. The zero-order valence-corrected chi connectivity index (χ0v) is 12.2. The minimum absolute atomic E-state index is 0.0921. The number of nitrogens with one attached hydrogen (secondary N) is 1. The number of hydrogen-bond acceptors (Lipinski definition) is 5. The van der Waals surface area contributed by atoms with Crippen LogP contribution >= 0.6 is 11.9 Å². The Bertz CT molecular complexity index is 602. The van der Waals surface area contributed by atoms with Gasteiger partial charge in [0.05, 0.1) is 0 Å². The van der Waals surface area contributed by atoms with Crippen LogP contribution in [0.15, 0.2) is 24.3 Å². The van der Waals surface area contributed by atoms with Crippen LogP contribution in [0.4, 0.5) is 0 Å². The molecule has 1 fully saturated rings. The van der Waals surface area contributed by atoms with Crippen molar-refractivity contribution in [1.29, 1.82) is 0 Å². The summed E-state index contributed by atoms with van der Waals surface area (Å²) in [4.78, 5) is 47.9. The molecule has 0 bridgehead atoms. The molecule has 1 heterocycles. The molecule has 1 aliphatic rings. The first kappa shape index (κ1) is 15.2. The van der Waals surface area contributed by atoms with Crippen LogP contribution in [-0.2, 0) is 14.4 Å². The first-order chi connectivity index (χ1) is 10.0. The maximum Gasteiger partial charge on any atom is 0.261 e. The van der Waals surface area contributed by atoms with Crippen molar-refractivity contribution in [1.82, 2.24) is 9.62 Å². The highest BCUT2D eigenvalue weighted by atomic mass is 32.2. The first-order valence-corrected chi connectivity index (χ1v) is 7.19. The molecule has 0 saturated carbocycles. The van der Waals surface area contributed by atoms with Crippen LogP contribution in [0.1, 0.15) is 28.8 Å². The second-order valence-corrected chi connectivity index (χ2v) is 5.44. The van der Waals surface area contributed by atoms with Gasteiger partial charge >= 0.3 is 0 Å². The standard InChI is InChI=1S/C14H14N2O4S/c1-9-4-2-3-5-10(9)13(19)16(8-17)11-6-7-12(18)15-21-14(11)20/h2-5,8,11H,6-7H2,1H3,(H,15,18). The molecule has 1 unspecified atom stereocenters. The molecule has 1 N–H and O–H groups in total. The van der Waals surface area contributed by atoms with Gasteiger partial charge in [0.1, 0.15) is 6.04 Å². The van der Waals surface area contributed by atoms with Crippen LogP contribution in [0, 0.1) is 6.92 Å². The fourth-order valence-electron chi connectivity index (χ4n) is 2.08. The van der Waals surface area contributed by atoms with Gasteiger partial charge in [-0.15, -0.1) is 0 Å². The smallest absolute Gasteiger partial charge is 0.261 e. The topological polar surface area (TPSA) is 83.6 Å². The van der Waals surface area contributed by atoms with Gasteiger partial charge in [-0.05, 0) is 25.0 Å². The third-order valence-corrected chi connectivity index (χ3v) is 4.04. The van der Waals surface area contributed by atoms with E-state index >= 15 is 0 Å². The van der Waals surface area contributed by atoms with Crippen LogP contribution in [0.3, 0.4) is 0 Å². The number of aryl methyl sites for hydroxylation is 1. The number of nitrogens with zero attached hydrogens (tertiary/aromatic N) is 1. The molecule has 1 atom stereocenters. The molecule has 6 nitrogen and oxygen atoms in total. The molecule has 0 spiro atoms. The molecule has 1 saturated heterocycles. The van der Waals surface area contributed by atoms with E-state index in [4.69, 9.17) is 0 Å². The Morgan fingerprint density at radius 3 is 2.76 bits per heavy atom. The van der Waals surface area contributed by atoms with Crippen LogP contribution in [0.5, 0.6) is 0 Å². The van der Waals surface area contributed by atoms with Crippen molar-refractivity contribution in [2.45, 2.75) is 25.8 Å². The van der Waals surface area contributed by atoms with Crippen molar-refractivity contribution in [2.75, 3.05) is 0 Å². The van der Waals surface area contributed by atoms with Gasteiger partial charge in [-0.2, -0.15) is 0 Å². The van der Waals surface area contributed by atoms with Gasteiger partial charge in [-0.3, -0.25) is 28.8 Å². The predicted octanol–water partition coefficient (Wildman–Crippen LogP) is 1.05. The number of carbonyl (C=O) groups is 4. The summed E-state index contributed by atoms with van der Waals surface area (Å²) in [7, 11) is 0. The summed E-state index contributed by atoms with van der Waals surface area (Å²) in [5.74, 6) is -0.818. The summed E-state index contributed by atoms with van der Waals surface area (Å²) >= 11 is 0.624. The van der Waals surface area contributed by atoms with Crippen LogP contribution in [0.2, 0.25) is 0 Å². The zero-order chi connectivity index (χ0) is 15.4. The highest BCUT2D eigenvalue weighted by molar-refractivity contribution is 8.12. The fourth-order valence-corrected chi connectivity index (χ4v) is 2.76. The van der Waals surface area contributed by atoms with E-state index in [2.05, 4.69) is 4.72 Å². The van der Waals surface area contributed by atoms with Gasteiger partial charge in [0.15, 0.2) is 0 Å². The third-order valence-electron chi connectivity index (χ3n) is 3.24. The van der Waals surface area contributed by atoms with Crippen molar-refractivity contribution >= 4 is 35.3 Å². The Morgan fingerprint density at radius 1 is 1.38 bits per heavy atom. The second-order valence-electron chi connectivity index (χ2n) is 4.63.